The Morgan fingerprint density at radius 1 is 1.35 bits per heavy atom. The molecule has 1 unspecified atom stereocenters. The molecule has 0 spiro atoms. The Hall–Kier alpha value is -0.540. The van der Waals surface area contributed by atoms with Crippen LogP contribution in [0.2, 0.25) is 0 Å². The molecule has 2 N–H and O–H groups in total. The number of fused-ring (bicyclic) bond motifs is 1. The van der Waals surface area contributed by atoms with Crippen molar-refractivity contribution in [1.82, 2.24) is 4.98 Å². The highest BCUT2D eigenvalue weighted by Gasteiger charge is 2.18. The normalized spacial score (nSPS) is 16.3. The molecule has 1 aliphatic rings. The van der Waals surface area contributed by atoms with E-state index in [-0.39, 0.29) is 0 Å². The standard InChI is InChI=1S/C14H22N2S/c1-9(2)10(3)17-14-12(8-15)7-11-5-4-6-13(11)16-14/h7,9-10H,4-6,8,15H2,1-3H3. The third kappa shape index (κ3) is 2.83. The maximum atomic E-state index is 5.84. The Labute approximate surface area is 108 Å². The third-order valence-electron chi connectivity index (χ3n) is 3.55. The van der Waals surface area contributed by atoms with Gasteiger partial charge in [-0.2, -0.15) is 0 Å². The van der Waals surface area contributed by atoms with Crippen LogP contribution in [0.15, 0.2) is 11.1 Å². The lowest BCUT2D eigenvalue weighted by molar-refractivity contribution is 0.641. The molecule has 0 bridgehead atoms. The Morgan fingerprint density at radius 3 is 2.76 bits per heavy atom. The minimum atomic E-state index is 0.590. The van der Waals surface area contributed by atoms with Crippen molar-refractivity contribution in [1.29, 1.82) is 0 Å². The summed E-state index contributed by atoms with van der Waals surface area (Å²) in [6.45, 7) is 7.39. The summed E-state index contributed by atoms with van der Waals surface area (Å²) in [4.78, 5) is 4.83. The molecule has 1 heterocycles. The number of aryl methyl sites for hydroxylation is 2. The zero-order chi connectivity index (χ0) is 12.4. The highest BCUT2D eigenvalue weighted by molar-refractivity contribution is 7.99. The molecule has 2 nitrogen and oxygen atoms in total. The number of hydrogen-bond acceptors (Lipinski definition) is 3. The minimum Gasteiger partial charge on any atom is -0.326 e. The average molecular weight is 250 g/mol. The van der Waals surface area contributed by atoms with Crippen LogP contribution in [0, 0.1) is 5.92 Å². The number of thioether (sulfide) groups is 1. The van der Waals surface area contributed by atoms with Gasteiger partial charge in [-0.15, -0.1) is 11.8 Å². The lowest BCUT2D eigenvalue weighted by atomic mass is 10.1. The Morgan fingerprint density at radius 2 is 2.12 bits per heavy atom. The number of pyridine rings is 1. The van der Waals surface area contributed by atoms with E-state index >= 15 is 0 Å². The Kier molecular flexibility index (Phi) is 4.10. The molecule has 17 heavy (non-hydrogen) atoms. The van der Waals surface area contributed by atoms with Crippen molar-refractivity contribution in [3.05, 3.63) is 22.9 Å². The highest BCUT2D eigenvalue weighted by atomic mass is 32.2. The number of aromatic nitrogens is 1. The van der Waals surface area contributed by atoms with Gasteiger partial charge in [0, 0.05) is 17.5 Å². The summed E-state index contributed by atoms with van der Waals surface area (Å²) >= 11 is 1.88. The fourth-order valence-corrected chi connectivity index (χ4v) is 3.14. The summed E-state index contributed by atoms with van der Waals surface area (Å²) in [6.07, 6.45) is 3.57. The fraction of sp³-hybridized carbons (Fsp3) is 0.643. The molecule has 0 aromatic carbocycles. The summed E-state index contributed by atoms with van der Waals surface area (Å²) < 4.78 is 0. The quantitative estimate of drug-likeness (QED) is 0.834. The van der Waals surface area contributed by atoms with Crippen LogP contribution in [-0.4, -0.2) is 10.2 Å². The number of nitrogens with zero attached hydrogens (tertiary/aromatic N) is 1. The highest BCUT2D eigenvalue weighted by Crippen LogP contribution is 2.32. The molecule has 0 amide bonds. The summed E-state index contributed by atoms with van der Waals surface area (Å²) in [5.74, 6) is 0.667. The second kappa shape index (κ2) is 5.40. The van der Waals surface area contributed by atoms with E-state index in [9.17, 15) is 0 Å². The first-order valence-electron chi connectivity index (χ1n) is 6.50. The first kappa shape index (κ1) is 12.9. The van der Waals surface area contributed by atoms with Gasteiger partial charge in [-0.1, -0.05) is 26.8 Å². The molecule has 3 heteroatoms. The van der Waals surface area contributed by atoms with Crippen LogP contribution in [0.3, 0.4) is 0 Å². The molecule has 2 rings (SSSR count). The van der Waals surface area contributed by atoms with Crippen molar-refractivity contribution >= 4 is 11.8 Å². The molecule has 0 saturated carbocycles. The van der Waals surface area contributed by atoms with E-state index in [1.165, 1.54) is 29.7 Å². The fourth-order valence-electron chi connectivity index (χ4n) is 2.06. The van der Waals surface area contributed by atoms with Crippen LogP contribution in [0.4, 0.5) is 0 Å². The van der Waals surface area contributed by atoms with Crippen molar-refractivity contribution < 1.29 is 0 Å². The van der Waals surface area contributed by atoms with E-state index in [0.717, 1.165) is 11.4 Å². The van der Waals surface area contributed by atoms with Gasteiger partial charge >= 0.3 is 0 Å². The van der Waals surface area contributed by atoms with E-state index < -0.39 is 0 Å². The molecule has 1 aromatic rings. The number of hydrogen-bond donors (Lipinski definition) is 1. The summed E-state index contributed by atoms with van der Waals surface area (Å²) in [5, 5.41) is 1.75. The van der Waals surface area contributed by atoms with E-state index in [1.54, 1.807) is 0 Å². The molecule has 0 radical (unpaired) electrons. The SMILES string of the molecule is CC(C)C(C)Sc1nc2c(cc1CN)CCC2. The lowest BCUT2D eigenvalue weighted by Gasteiger charge is -2.17. The van der Waals surface area contributed by atoms with Gasteiger partial charge in [0.25, 0.3) is 0 Å². The first-order chi connectivity index (χ1) is 8.11. The van der Waals surface area contributed by atoms with Crippen molar-refractivity contribution in [2.75, 3.05) is 0 Å². The van der Waals surface area contributed by atoms with E-state index in [0.29, 0.717) is 17.7 Å². The van der Waals surface area contributed by atoms with Crippen LogP contribution in [0.25, 0.3) is 0 Å². The zero-order valence-corrected chi connectivity index (χ0v) is 11.8. The summed E-state index contributed by atoms with van der Waals surface area (Å²) in [7, 11) is 0. The summed E-state index contributed by atoms with van der Waals surface area (Å²) in [5.41, 5.74) is 9.80. The van der Waals surface area contributed by atoms with Crippen molar-refractivity contribution in [2.24, 2.45) is 11.7 Å². The van der Waals surface area contributed by atoms with Crippen molar-refractivity contribution in [2.45, 2.75) is 56.9 Å². The van der Waals surface area contributed by atoms with Gasteiger partial charge < -0.3 is 5.73 Å². The predicted octanol–water partition coefficient (Wildman–Crippen LogP) is 3.17. The predicted molar refractivity (Wildman–Crippen MR) is 74.3 cm³/mol. The van der Waals surface area contributed by atoms with E-state index in [2.05, 4.69) is 26.8 Å². The van der Waals surface area contributed by atoms with Gasteiger partial charge in [0.2, 0.25) is 0 Å². The second-order valence-electron chi connectivity index (χ2n) is 5.18. The molecule has 94 valence electrons. The smallest absolute Gasteiger partial charge is 0.101 e. The van der Waals surface area contributed by atoms with Crippen molar-refractivity contribution in [3.8, 4) is 0 Å². The molecule has 0 fully saturated rings. The number of rotatable bonds is 4. The minimum absolute atomic E-state index is 0.590. The van der Waals surface area contributed by atoms with Gasteiger partial charge in [0.15, 0.2) is 0 Å². The lowest BCUT2D eigenvalue weighted by Crippen LogP contribution is -2.09. The molecule has 1 aliphatic carbocycles. The largest absolute Gasteiger partial charge is 0.326 e. The van der Waals surface area contributed by atoms with Gasteiger partial charge in [-0.25, -0.2) is 4.98 Å². The molecule has 1 atom stereocenters. The van der Waals surface area contributed by atoms with Gasteiger partial charge in [0.05, 0.1) is 0 Å². The maximum absolute atomic E-state index is 5.84. The van der Waals surface area contributed by atoms with Gasteiger partial charge in [0.1, 0.15) is 5.03 Å². The monoisotopic (exact) mass is 250 g/mol. The zero-order valence-electron chi connectivity index (χ0n) is 11.0. The van der Waals surface area contributed by atoms with Crippen LogP contribution >= 0.6 is 11.8 Å². The molecule has 0 aliphatic heterocycles. The number of nitrogens with two attached hydrogens (primary N) is 1. The van der Waals surface area contributed by atoms with Crippen LogP contribution < -0.4 is 5.73 Å². The molecule has 0 saturated heterocycles. The topological polar surface area (TPSA) is 38.9 Å². The van der Waals surface area contributed by atoms with Crippen molar-refractivity contribution in [3.63, 3.8) is 0 Å². The Balaban J connectivity index is 2.26. The van der Waals surface area contributed by atoms with Gasteiger partial charge in [-0.05, 0) is 36.3 Å². The maximum Gasteiger partial charge on any atom is 0.101 e. The van der Waals surface area contributed by atoms with E-state index in [4.69, 9.17) is 10.7 Å². The summed E-state index contributed by atoms with van der Waals surface area (Å²) in [6, 6.07) is 2.28. The molecule has 1 aromatic heterocycles. The van der Waals surface area contributed by atoms with Crippen LogP contribution in [0.1, 0.15) is 44.0 Å². The van der Waals surface area contributed by atoms with Crippen LogP contribution in [-0.2, 0) is 19.4 Å². The molecular weight excluding hydrogens is 228 g/mol. The third-order valence-corrected chi connectivity index (χ3v) is 5.04. The van der Waals surface area contributed by atoms with Gasteiger partial charge in [-0.3, -0.25) is 0 Å². The van der Waals surface area contributed by atoms with Crippen LogP contribution in [0.5, 0.6) is 0 Å². The van der Waals surface area contributed by atoms with E-state index in [1.807, 2.05) is 11.8 Å². The average Bonchev–Trinajstić information content (AvgIpc) is 2.74. The first-order valence-corrected chi connectivity index (χ1v) is 7.38. The second-order valence-corrected chi connectivity index (χ2v) is 6.55. The molecular formula is C14H22N2S. The Bertz CT molecular complexity index is 401.